The standard InChI is InChI=1S/C16H14N4S/c1-12-15(20-19-14-10-6-3-7-11-14)21-16(17-12)18-13-8-4-2-5-9-13/h2-11H,1H3,(H,17,18). The lowest BCUT2D eigenvalue weighted by atomic mass is 10.3. The Balaban J connectivity index is 1.77. The second-order valence-electron chi connectivity index (χ2n) is 4.44. The molecule has 104 valence electrons. The summed E-state index contributed by atoms with van der Waals surface area (Å²) in [6.07, 6.45) is 0. The van der Waals surface area contributed by atoms with Gasteiger partial charge in [0.1, 0.15) is 0 Å². The lowest BCUT2D eigenvalue weighted by Crippen LogP contribution is -1.88. The molecule has 3 aromatic rings. The van der Waals surface area contributed by atoms with E-state index in [4.69, 9.17) is 0 Å². The molecular formula is C16H14N4S. The molecule has 0 aliphatic heterocycles. The minimum absolute atomic E-state index is 0.817. The van der Waals surface area contributed by atoms with Crippen LogP contribution in [0.2, 0.25) is 0 Å². The van der Waals surface area contributed by atoms with Crippen molar-refractivity contribution >= 4 is 32.8 Å². The zero-order chi connectivity index (χ0) is 14.5. The van der Waals surface area contributed by atoms with Crippen molar-refractivity contribution in [3.05, 3.63) is 66.4 Å². The third-order valence-electron chi connectivity index (χ3n) is 2.81. The number of benzene rings is 2. The van der Waals surface area contributed by atoms with Gasteiger partial charge in [0.15, 0.2) is 10.1 Å². The molecule has 5 heteroatoms. The average molecular weight is 294 g/mol. The van der Waals surface area contributed by atoms with E-state index in [-0.39, 0.29) is 0 Å². The zero-order valence-corrected chi connectivity index (χ0v) is 12.3. The topological polar surface area (TPSA) is 49.6 Å². The van der Waals surface area contributed by atoms with Gasteiger partial charge in [0.25, 0.3) is 0 Å². The number of para-hydroxylation sites is 1. The first-order valence-corrected chi connectivity index (χ1v) is 7.39. The highest BCUT2D eigenvalue weighted by Gasteiger charge is 2.07. The maximum absolute atomic E-state index is 4.47. The predicted octanol–water partition coefficient (Wildman–Crippen LogP) is 5.61. The first-order valence-electron chi connectivity index (χ1n) is 6.57. The third-order valence-corrected chi connectivity index (χ3v) is 3.77. The minimum atomic E-state index is 0.817. The van der Waals surface area contributed by atoms with E-state index in [2.05, 4.69) is 20.5 Å². The van der Waals surface area contributed by atoms with Gasteiger partial charge in [-0.2, -0.15) is 0 Å². The van der Waals surface area contributed by atoms with Crippen LogP contribution in [-0.4, -0.2) is 4.98 Å². The lowest BCUT2D eigenvalue weighted by molar-refractivity contribution is 1.19. The number of anilines is 2. The number of aromatic nitrogens is 1. The maximum Gasteiger partial charge on any atom is 0.189 e. The molecule has 0 aliphatic rings. The van der Waals surface area contributed by atoms with E-state index in [0.717, 1.165) is 27.2 Å². The second kappa shape index (κ2) is 6.28. The summed E-state index contributed by atoms with van der Waals surface area (Å²) in [6.45, 7) is 1.94. The molecule has 0 saturated carbocycles. The summed E-state index contributed by atoms with van der Waals surface area (Å²) in [5, 5.41) is 13.4. The van der Waals surface area contributed by atoms with E-state index in [1.165, 1.54) is 11.3 Å². The number of rotatable bonds is 4. The summed E-state index contributed by atoms with van der Waals surface area (Å²) >= 11 is 1.49. The van der Waals surface area contributed by atoms with Crippen molar-refractivity contribution < 1.29 is 0 Å². The summed E-state index contributed by atoms with van der Waals surface area (Å²) < 4.78 is 0. The normalized spacial score (nSPS) is 10.9. The van der Waals surface area contributed by atoms with Crippen LogP contribution < -0.4 is 5.32 Å². The Bertz CT molecular complexity index is 735. The van der Waals surface area contributed by atoms with Crippen molar-refractivity contribution in [2.45, 2.75) is 6.92 Å². The van der Waals surface area contributed by atoms with Crippen molar-refractivity contribution in [1.29, 1.82) is 0 Å². The van der Waals surface area contributed by atoms with Crippen LogP contribution in [0.25, 0.3) is 0 Å². The SMILES string of the molecule is Cc1nc(Nc2ccccc2)sc1N=Nc1ccccc1. The molecule has 21 heavy (non-hydrogen) atoms. The molecular weight excluding hydrogens is 280 g/mol. The van der Waals surface area contributed by atoms with Crippen molar-refractivity contribution in [2.24, 2.45) is 10.2 Å². The molecule has 0 aliphatic carbocycles. The lowest BCUT2D eigenvalue weighted by Gasteiger charge is -1.99. The summed E-state index contributed by atoms with van der Waals surface area (Å²) in [5.41, 5.74) is 2.72. The van der Waals surface area contributed by atoms with Gasteiger partial charge in [0, 0.05) is 5.69 Å². The van der Waals surface area contributed by atoms with E-state index in [1.54, 1.807) is 0 Å². The van der Waals surface area contributed by atoms with Crippen LogP contribution >= 0.6 is 11.3 Å². The van der Waals surface area contributed by atoms with Crippen LogP contribution in [0.3, 0.4) is 0 Å². The van der Waals surface area contributed by atoms with Crippen molar-refractivity contribution in [2.75, 3.05) is 5.32 Å². The van der Waals surface area contributed by atoms with Crippen LogP contribution in [0.1, 0.15) is 5.69 Å². The third kappa shape index (κ3) is 3.52. The molecule has 0 saturated heterocycles. The molecule has 0 spiro atoms. The second-order valence-corrected chi connectivity index (χ2v) is 5.41. The summed E-state index contributed by atoms with van der Waals surface area (Å²) in [4.78, 5) is 4.47. The van der Waals surface area contributed by atoms with Crippen molar-refractivity contribution in [3.63, 3.8) is 0 Å². The Kier molecular flexibility index (Phi) is 4.02. The molecule has 1 N–H and O–H groups in total. The zero-order valence-electron chi connectivity index (χ0n) is 11.5. The molecule has 1 heterocycles. The van der Waals surface area contributed by atoms with Crippen LogP contribution in [-0.2, 0) is 0 Å². The Morgan fingerprint density at radius 1 is 0.905 bits per heavy atom. The Morgan fingerprint density at radius 2 is 1.57 bits per heavy atom. The van der Waals surface area contributed by atoms with Gasteiger partial charge in [-0.3, -0.25) is 0 Å². The fourth-order valence-corrected chi connectivity index (χ4v) is 2.59. The highest BCUT2D eigenvalue weighted by molar-refractivity contribution is 7.19. The first kappa shape index (κ1) is 13.5. The van der Waals surface area contributed by atoms with Gasteiger partial charge in [0.2, 0.25) is 0 Å². The molecule has 1 aromatic heterocycles. The first-order chi connectivity index (χ1) is 10.3. The number of aryl methyl sites for hydroxylation is 1. The number of nitrogens with zero attached hydrogens (tertiary/aromatic N) is 3. The van der Waals surface area contributed by atoms with Gasteiger partial charge in [-0.15, -0.1) is 10.2 Å². The van der Waals surface area contributed by atoms with Gasteiger partial charge in [-0.1, -0.05) is 47.7 Å². The van der Waals surface area contributed by atoms with Crippen LogP contribution in [0.4, 0.5) is 21.5 Å². The molecule has 4 nitrogen and oxygen atoms in total. The number of hydrogen-bond donors (Lipinski definition) is 1. The van der Waals surface area contributed by atoms with Crippen LogP contribution in [0.5, 0.6) is 0 Å². The fourth-order valence-electron chi connectivity index (χ4n) is 1.78. The molecule has 3 rings (SSSR count). The summed E-state index contributed by atoms with van der Waals surface area (Å²) in [6, 6.07) is 19.6. The van der Waals surface area contributed by atoms with Gasteiger partial charge in [0.05, 0.1) is 11.4 Å². The molecule has 0 bridgehead atoms. The number of nitrogens with one attached hydrogen (secondary N) is 1. The van der Waals surface area contributed by atoms with Gasteiger partial charge in [-0.25, -0.2) is 4.98 Å². The van der Waals surface area contributed by atoms with E-state index in [0.29, 0.717) is 0 Å². The van der Waals surface area contributed by atoms with E-state index < -0.39 is 0 Å². The Labute approximate surface area is 127 Å². The van der Waals surface area contributed by atoms with E-state index in [9.17, 15) is 0 Å². The highest BCUT2D eigenvalue weighted by atomic mass is 32.1. The smallest absolute Gasteiger partial charge is 0.189 e. The maximum atomic E-state index is 4.47. The number of hydrogen-bond acceptors (Lipinski definition) is 5. The highest BCUT2D eigenvalue weighted by Crippen LogP contribution is 2.33. The minimum Gasteiger partial charge on any atom is -0.331 e. The number of thiazole rings is 1. The van der Waals surface area contributed by atoms with E-state index >= 15 is 0 Å². The van der Waals surface area contributed by atoms with E-state index in [1.807, 2.05) is 67.6 Å². The molecule has 2 aromatic carbocycles. The monoisotopic (exact) mass is 294 g/mol. The summed E-state index contributed by atoms with van der Waals surface area (Å²) in [7, 11) is 0. The van der Waals surface area contributed by atoms with Gasteiger partial charge in [-0.05, 0) is 31.2 Å². The Morgan fingerprint density at radius 3 is 2.29 bits per heavy atom. The predicted molar refractivity (Wildman–Crippen MR) is 87.2 cm³/mol. The molecule has 0 fully saturated rings. The quantitative estimate of drug-likeness (QED) is 0.636. The van der Waals surface area contributed by atoms with Crippen molar-refractivity contribution in [1.82, 2.24) is 4.98 Å². The Hall–Kier alpha value is -2.53. The fraction of sp³-hybridized carbons (Fsp3) is 0.0625. The van der Waals surface area contributed by atoms with Crippen LogP contribution in [0.15, 0.2) is 70.9 Å². The van der Waals surface area contributed by atoms with Crippen LogP contribution in [0, 0.1) is 6.92 Å². The van der Waals surface area contributed by atoms with Crippen molar-refractivity contribution in [3.8, 4) is 0 Å². The molecule has 0 unspecified atom stereocenters. The molecule has 0 amide bonds. The van der Waals surface area contributed by atoms with Gasteiger partial charge >= 0.3 is 0 Å². The molecule has 0 radical (unpaired) electrons. The average Bonchev–Trinajstić information content (AvgIpc) is 2.87. The van der Waals surface area contributed by atoms with Gasteiger partial charge < -0.3 is 5.32 Å². The largest absolute Gasteiger partial charge is 0.331 e. The summed E-state index contributed by atoms with van der Waals surface area (Å²) in [5.74, 6) is 0. The molecule has 0 atom stereocenters. The number of azo groups is 1.